The van der Waals surface area contributed by atoms with Gasteiger partial charge in [0.05, 0.1) is 22.8 Å². The van der Waals surface area contributed by atoms with Gasteiger partial charge in [-0.15, -0.1) is 0 Å². The van der Waals surface area contributed by atoms with Crippen LogP contribution in [0.3, 0.4) is 0 Å². The van der Waals surface area contributed by atoms with Gasteiger partial charge in [-0.3, -0.25) is 9.69 Å². The van der Waals surface area contributed by atoms with E-state index in [0.717, 1.165) is 5.56 Å². The highest BCUT2D eigenvalue weighted by atomic mass is 79.9. The Labute approximate surface area is 225 Å². The maximum atomic E-state index is 13.2. The van der Waals surface area contributed by atoms with Gasteiger partial charge in [-0.25, -0.2) is 14.2 Å². The summed E-state index contributed by atoms with van der Waals surface area (Å²) in [5, 5.41) is 9.53. The average Bonchev–Trinajstić information content (AvgIpc) is 3.14. The first-order valence-corrected chi connectivity index (χ1v) is 12.8. The molecule has 1 saturated heterocycles. The van der Waals surface area contributed by atoms with Crippen molar-refractivity contribution < 1.29 is 28.6 Å². The molecular weight excluding hydrogens is 563 g/mol. The smallest absolute Gasteiger partial charge is 0.335 e. The normalized spacial score (nSPS) is 15.5. The number of carbonyl (C=O) groups excluding carboxylic acids is 1. The van der Waals surface area contributed by atoms with Crippen LogP contribution in [0.15, 0.2) is 75.0 Å². The number of likely N-dealkylation sites (N-methyl/N-ethyl adjacent to an activating group) is 1. The van der Waals surface area contributed by atoms with Crippen LogP contribution < -0.4 is 9.47 Å². The number of hydrogen-bond donors (Lipinski definition) is 1. The van der Waals surface area contributed by atoms with Crippen molar-refractivity contribution in [2.75, 3.05) is 13.7 Å². The number of carbonyl (C=O) groups is 2. The second kappa shape index (κ2) is 11.6. The van der Waals surface area contributed by atoms with Gasteiger partial charge in [0.15, 0.2) is 16.7 Å². The number of amidine groups is 1. The predicted octanol–water partition coefficient (Wildman–Crippen LogP) is 6.50. The number of carboxylic acids is 1. The number of thioether (sulfide) groups is 1. The van der Waals surface area contributed by atoms with Gasteiger partial charge in [0.1, 0.15) is 12.4 Å². The van der Waals surface area contributed by atoms with Crippen molar-refractivity contribution in [1.29, 1.82) is 0 Å². The molecule has 190 valence electrons. The SMILES string of the molecule is CCOc1cc(/C=C2\SC(=Nc3ccc(C(=O)O)cc3)N(C)C2=O)c(Br)cc1OCc1ccc(F)cc1. The molecule has 0 aliphatic carbocycles. The summed E-state index contributed by atoms with van der Waals surface area (Å²) in [7, 11) is 1.63. The van der Waals surface area contributed by atoms with E-state index < -0.39 is 5.97 Å². The molecule has 7 nitrogen and oxygen atoms in total. The fraction of sp³-hybridized carbons (Fsp3) is 0.148. The van der Waals surface area contributed by atoms with Gasteiger partial charge in [-0.2, -0.15) is 0 Å². The fourth-order valence-corrected chi connectivity index (χ4v) is 4.78. The zero-order chi connectivity index (χ0) is 26.5. The average molecular weight is 585 g/mol. The molecule has 0 spiro atoms. The molecule has 0 unspecified atom stereocenters. The number of aliphatic imine (C=N–C) groups is 1. The first-order chi connectivity index (χ1) is 17.7. The number of rotatable bonds is 8. The van der Waals surface area contributed by atoms with Crippen molar-refractivity contribution in [2.45, 2.75) is 13.5 Å². The molecule has 3 aromatic rings. The first kappa shape index (κ1) is 26.4. The standard InChI is InChI=1S/C27H22BrFN2O5S/c1-3-35-22-12-18(21(28)14-23(22)36-15-16-4-8-19(29)9-5-16)13-24-25(32)31(2)27(37-24)30-20-10-6-17(7-11-20)26(33)34/h4-14H,3,15H2,1-2H3,(H,33,34)/b24-13-,30-27?. The summed E-state index contributed by atoms with van der Waals surface area (Å²) < 4.78 is 25.6. The van der Waals surface area contributed by atoms with E-state index in [0.29, 0.717) is 43.9 Å². The lowest BCUT2D eigenvalue weighted by molar-refractivity contribution is -0.121. The van der Waals surface area contributed by atoms with E-state index in [1.165, 1.54) is 40.9 Å². The van der Waals surface area contributed by atoms with E-state index in [1.807, 2.05) is 6.92 Å². The highest BCUT2D eigenvalue weighted by molar-refractivity contribution is 9.10. The van der Waals surface area contributed by atoms with E-state index in [1.54, 1.807) is 49.5 Å². The molecule has 1 amide bonds. The van der Waals surface area contributed by atoms with E-state index in [2.05, 4.69) is 20.9 Å². The number of aromatic carboxylic acids is 1. The van der Waals surface area contributed by atoms with Gasteiger partial charge < -0.3 is 14.6 Å². The fourth-order valence-electron chi connectivity index (χ4n) is 3.37. The molecule has 1 aliphatic heterocycles. The third kappa shape index (κ3) is 6.39. The quantitative estimate of drug-likeness (QED) is 0.304. The Bertz CT molecular complexity index is 1390. The van der Waals surface area contributed by atoms with Crippen LogP contribution in [0.25, 0.3) is 6.08 Å². The Hall–Kier alpha value is -3.63. The zero-order valence-corrected chi connectivity index (χ0v) is 22.3. The minimum Gasteiger partial charge on any atom is -0.490 e. The lowest BCUT2D eigenvalue weighted by Gasteiger charge is -2.14. The summed E-state index contributed by atoms with van der Waals surface area (Å²) in [6, 6.07) is 15.7. The highest BCUT2D eigenvalue weighted by Gasteiger charge is 2.30. The van der Waals surface area contributed by atoms with Crippen molar-refractivity contribution in [3.8, 4) is 11.5 Å². The van der Waals surface area contributed by atoms with E-state index in [4.69, 9.17) is 14.6 Å². The lowest BCUT2D eigenvalue weighted by atomic mass is 10.1. The highest BCUT2D eigenvalue weighted by Crippen LogP contribution is 2.38. The number of ether oxygens (including phenoxy) is 2. The third-order valence-electron chi connectivity index (χ3n) is 5.30. The van der Waals surface area contributed by atoms with Crippen LogP contribution >= 0.6 is 27.7 Å². The van der Waals surface area contributed by atoms with Gasteiger partial charge in [0.25, 0.3) is 5.91 Å². The molecule has 0 bridgehead atoms. The van der Waals surface area contributed by atoms with Crippen LogP contribution in [0.5, 0.6) is 11.5 Å². The third-order valence-corrected chi connectivity index (χ3v) is 7.05. The van der Waals surface area contributed by atoms with E-state index >= 15 is 0 Å². The number of benzene rings is 3. The molecule has 1 N–H and O–H groups in total. The Morgan fingerprint density at radius 2 is 1.78 bits per heavy atom. The van der Waals surface area contributed by atoms with Crippen molar-refractivity contribution in [3.63, 3.8) is 0 Å². The van der Waals surface area contributed by atoms with Gasteiger partial charge in [-0.05, 0) is 84.4 Å². The monoisotopic (exact) mass is 584 g/mol. The van der Waals surface area contributed by atoms with Gasteiger partial charge >= 0.3 is 5.97 Å². The van der Waals surface area contributed by atoms with Crippen molar-refractivity contribution in [2.24, 2.45) is 4.99 Å². The topological polar surface area (TPSA) is 88.4 Å². The molecule has 1 heterocycles. The molecule has 3 aromatic carbocycles. The lowest BCUT2D eigenvalue weighted by Crippen LogP contribution is -2.23. The second-order valence-electron chi connectivity index (χ2n) is 7.89. The summed E-state index contributed by atoms with van der Waals surface area (Å²) in [6.45, 7) is 2.51. The van der Waals surface area contributed by atoms with Crippen LogP contribution in [0.2, 0.25) is 0 Å². The predicted molar refractivity (Wildman–Crippen MR) is 145 cm³/mol. The number of carboxylic acid groups (broad SMARTS) is 1. The van der Waals surface area contributed by atoms with Crippen LogP contribution in [0.4, 0.5) is 10.1 Å². The maximum Gasteiger partial charge on any atom is 0.335 e. The summed E-state index contributed by atoms with van der Waals surface area (Å²) in [6.07, 6.45) is 1.75. The van der Waals surface area contributed by atoms with Crippen LogP contribution in [0.1, 0.15) is 28.4 Å². The van der Waals surface area contributed by atoms with E-state index in [-0.39, 0.29) is 23.9 Å². The Kier molecular flexibility index (Phi) is 8.30. The zero-order valence-electron chi connectivity index (χ0n) is 19.9. The van der Waals surface area contributed by atoms with Crippen molar-refractivity contribution >= 4 is 56.5 Å². The molecule has 0 radical (unpaired) electrons. The Morgan fingerprint density at radius 3 is 2.43 bits per heavy atom. The molecule has 1 fully saturated rings. The number of amides is 1. The van der Waals surface area contributed by atoms with E-state index in [9.17, 15) is 14.0 Å². The van der Waals surface area contributed by atoms with Crippen LogP contribution in [-0.4, -0.2) is 40.7 Å². The van der Waals surface area contributed by atoms with Crippen molar-refractivity contribution in [1.82, 2.24) is 4.90 Å². The molecule has 4 rings (SSSR count). The summed E-state index contributed by atoms with van der Waals surface area (Å²) in [4.78, 5) is 30.4. The number of halogens is 2. The summed E-state index contributed by atoms with van der Waals surface area (Å²) in [5.41, 5.74) is 2.23. The Morgan fingerprint density at radius 1 is 1.11 bits per heavy atom. The first-order valence-electron chi connectivity index (χ1n) is 11.2. The molecule has 0 aromatic heterocycles. The van der Waals surface area contributed by atoms with Crippen molar-refractivity contribution in [3.05, 3.63) is 92.5 Å². The molecular formula is C27H22BrFN2O5S. The van der Waals surface area contributed by atoms with Gasteiger partial charge in [0.2, 0.25) is 0 Å². The Balaban J connectivity index is 1.57. The molecule has 10 heteroatoms. The molecule has 1 aliphatic rings. The molecule has 37 heavy (non-hydrogen) atoms. The molecule has 0 saturated carbocycles. The van der Waals surface area contributed by atoms with Crippen LogP contribution in [-0.2, 0) is 11.4 Å². The summed E-state index contributed by atoms with van der Waals surface area (Å²) >= 11 is 4.77. The number of hydrogen-bond acceptors (Lipinski definition) is 6. The second-order valence-corrected chi connectivity index (χ2v) is 9.75. The number of nitrogens with zero attached hydrogens (tertiary/aromatic N) is 2. The van der Waals surface area contributed by atoms with Gasteiger partial charge in [-0.1, -0.05) is 28.1 Å². The largest absolute Gasteiger partial charge is 0.490 e. The minimum absolute atomic E-state index is 0.160. The summed E-state index contributed by atoms with van der Waals surface area (Å²) in [5.74, 6) is -0.526. The minimum atomic E-state index is -1.02. The maximum absolute atomic E-state index is 13.2. The van der Waals surface area contributed by atoms with Crippen LogP contribution in [0, 0.1) is 5.82 Å². The molecule has 0 atom stereocenters. The van der Waals surface area contributed by atoms with Gasteiger partial charge in [0, 0.05) is 11.5 Å².